The van der Waals surface area contributed by atoms with E-state index in [0.29, 0.717) is 0 Å². The van der Waals surface area contributed by atoms with Gasteiger partial charge in [-0.25, -0.2) is 4.39 Å². The summed E-state index contributed by atoms with van der Waals surface area (Å²) in [5.41, 5.74) is 2.36. The molecule has 3 rings (SSSR count). The van der Waals surface area contributed by atoms with Crippen LogP contribution in [-0.4, -0.2) is 47.6 Å². The van der Waals surface area contributed by atoms with Crippen molar-refractivity contribution in [2.24, 2.45) is 7.05 Å². The van der Waals surface area contributed by atoms with Crippen LogP contribution in [0.2, 0.25) is 0 Å². The first kappa shape index (κ1) is 12.6. The van der Waals surface area contributed by atoms with Gasteiger partial charge in [0, 0.05) is 56.4 Å². The first-order valence-corrected chi connectivity index (χ1v) is 6.78. The summed E-state index contributed by atoms with van der Waals surface area (Å²) < 4.78 is 15.4. The fourth-order valence-corrected chi connectivity index (χ4v) is 2.76. The van der Waals surface area contributed by atoms with E-state index in [9.17, 15) is 4.39 Å². The molecule has 1 aromatic carbocycles. The molecule has 1 aliphatic heterocycles. The Balaban J connectivity index is 1.83. The van der Waals surface area contributed by atoms with Gasteiger partial charge in [0.1, 0.15) is 5.82 Å². The molecule has 0 bridgehead atoms. The molecule has 1 aromatic heterocycles. The first-order chi connectivity index (χ1) is 9.13. The van der Waals surface area contributed by atoms with Crippen molar-refractivity contribution >= 4 is 10.9 Å². The topological polar surface area (TPSA) is 11.4 Å². The Hall–Kier alpha value is -1.39. The minimum absolute atomic E-state index is 0.163. The van der Waals surface area contributed by atoms with Crippen molar-refractivity contribution in [1.82, 2.24) is 14.4 Å². The van der Waals surface area contributed by atoms with E-state index in [1.54, 1.807) is 6.07 Å². The number of hydrogen-bond acceptors (Lipinski definition) is 2. The monoisotopic (exact) mass is 261 g/mol. The number of nitrogens with zero attached hydrogens (tertiary/aromatic N) is 3. The highest BCUT2D eigenvalue weighted by atomic mass is 19.1. The van der Waals surface area contributed by atoms with Crippen molar-refractivity contribution in [1.29, 1.82) is 0 Å². The van der Waals surface area contributed by atoms with Gasteiger partial charge in [-0.15, -0.1) is 0 Å². The number of fused-ring (bicyclic) bond motifs is 1. The van der Waals surface area contributed by atoms with Crippen molar-refractivity contribution in [3.8, 4) is 0 Å². The Morgan fingerprint density at radius 3 is 2.53 bits per heavy atom. The summed E-state index contributed by atoms with van der Waals surface area (Å²) in [6, 6.07) is 7.11. The zero-order valence-corrected chi connectivity index (χ0v) is 11.6. The van der Waals surface area contributed by atoms with Crippen molar-refractivity contribution in [2.75, 3.05) is 33.2 Å². The second-order valence-corrected chi connectivity index (χ2v) is 5.48. The maximum absolute atomic E-state index is 13.3. The summed E-state index contributed by atoms with van der Waals surface area (Å²) in [7, 11) is 4.22. The van der Waals surface area contributed by atoms with E-state index in [2.05, 4.69) is 34.5 Å². The van der Waals surface area contributed by atoms with Crippen molar-refractivity contribution in [2.45, 2.75) is 6.54 Å². The van der Waals surface area contributed by atoms with Crippen LogP contribution in [0, 0.1) is 5.82 Å². The molecule has 1 fully saturated rings. The van der Waals surface area contributed by atoms with E-state index in [-0.39, 0.29) is 5.82 Å². The maximum Gasteiger partial charge on any atom is 0.123 e. The van der Waals surface area contributed by atoms with E-state index < -0.39 is 0 Å². The summed E-state index contributed by atoms with van der Waals surface area (Å²) in [6.45, 7) is 5.40. The van der Waals surface area contributed by atoms with Crippen molar-refractivity contribution in [3.05, 3.63) is 35.8 Å². The second kappa shape index (κ2) is 4.94. The third-order valence-electron chi connectivity index (χ3n) is 4.09. The zero-order valence-electron chi connectivity index (χ0n) is 11.6. The number of piperazine rings is 1. The highest BCUT2D eigenvalue weighted by Gasteiger charge is 2.16. The molecule has 1 aliphatic rings. The van der Waals surface area contributed by atoms with Gasteiger partial charge in [0.05, 0.1) is 0 Å². The van der Waals surface area contributed by atoms with Gasteiger partial charge in [-0.3, -0.25) is 4.90 Å². The molecule has 0 aliphatic carbocycles. The standard InChI is InChI=1S/C15H20FN3/c1-17-5-7-19(8-6-17)11-14-10-12-9-13(16)3-4-15(12)18(14)2/h3-4,9-10H,5-8,11H2,1-2H3. The van der Waals surface area contributed by atoms with Gasteiger partial charge in [0.25, 0.3) is 0 Å². The van der Waals surface area contributed by atoms with Crippen LogP contribution < -0.4 is 0 Å². The van der Waals surface area contributed by atoms with Gasteiger partial charge >= 0.3 is 0 Å². The summed E-state index contributed by atoms with van der Waals surface area (Å²) in [4.78, 5) is 4.82. The number of aromatic nitrogens is 1. The molecular weight excluding hydrogens is 241 g/mol. The minimum atomic E-state index is -0.163. The van der Waals surface area contributed by atoms with E-state index in [1.165, 1.54) is 11.8 Å². The molecule has 19 heavy (non-hydrogen) atoms. The number of hydrogen-bond donors (Lipinski definition) is 0. The maximum atomic E-state index is 13.3. The largest absolute Gasteiger partial charge is 0.346 e. The van der Waals surface area contributed by atoms with Gasteiger partial charge in [0.2, 0.25) is 0 Å². The average molecular weight is 261 g/mol. The Labute approximate surface area is 113 Å². The van der Waals surface area contributed by atoms with Crippen LogP contribution in [0.1, 0.15) is 5.69 Å². The smallest absolute Gasteiger partial charge is 0.123 e. The van der Waals surface area contributed by atoms with Crippen LogP contribution >= 0.6 is 0 Å². The Morgan fingerprint density at radius 2 is 1.79 bits per heavy atom. The molecule has 0 amide bonds. The minimum Gasteiger partial charge on any atom is -0.346 e. The molecule has 0 N–H and O–H groups in total. The quantitative estimate of drug-likeness (QED) is 0.820. The zero-order chi connectivity index (χ0) is 13.4. The Kier molecular flexibility index (Phi) is 3.29. The van der Waals surface area contributed by atoms with Gasteiger partial charge in [-0.1, -0.05) is 0 Å². The number of rotatable bonds is 2. The molecule has 1 saturated heterocycles. The molecule has 4 heteroatoms. The third kappa shape index (κ3) is 2.51. The highest BCUT2D eigenvalue weighted by Crippen LogP contribution is 2.21. The first-order valence-electron chi connectivity index (χ1n) is 6.78. The highest BCUT2D eigenvalue weighted by molar-refractivity contribution is 5.81. The molecular formula is C15H20FN3. The predicted molar refractivity (Wildman–Crippen MR) is 75.7 cm³/mol. The summed E-state index contributed by atoms with van der Waals surface area (Å²) in [5.74, 6) is -0.163. The number of aryl methyl sites for hydroxylation is 1. The molecule has 0 radical (unpaired) electrons. The lowest BCUT2D eigenvalue weighted by atomic mass is 10.2. The van der Waals surface area contributed by atoms with E-state index in [4.69, 9.17) is 0 Å². The summed E-state index contributed by atoms with van der Waals surface area (Å²) in [6.07, 6.45) is 0. The molecule has 0 atom stereocenters. The van der Waals surface area contributed by atoms with E-state index in [0.717, 1.165) is 43.6 Å². The molecule has 3 nitrogen and oxygen atoms in total. The van der Waals surface area contributed by atoms with Crippen LogP contribution in [0.5, 0.6) is 0 Å². The molecule has 102 valence electrons. The SMILES string of the molecule is CN1CCN(Cc2cc3cc(F)ccc3n2C)CC1. The number of benzene rings is 1. The van der Waals surface area contributed by atoms with Crippen LogP contribution in [-0.2, 0) is 13.6 Å². The predicted octanol–water partition coefficient (Wildman–Crippen LogP) is 2.06. The number of likely N-dealkylation sites (N-methyl/N-ethyl adjacent to an activating group) is 1. The molecule has 2 aromatic rings. The summed E-state index contributed by atoms with van der Waals surface area (Å²) in [5, 5.41) is 0.992. The normalized spacial score (nSPS) is 18.3. The second-order valence-electron chi connectivity index (χ2n) is 5.48. The lowest BCUT2D eigenvalue weighted by Gasteiger charge is -2.32. The molecule has 0 saturated carbocycles. The van der Waals surface area contributed by atoms with E-state index in [1.807, 2.05) is 6.07 Å². The molecule has 0 spiro atoms. The van der Waals surface area contributed by atoms with Crippen LogP contribution in [0.25, 0.3) is 10.9 Å². The van der Waals surface area contributed by atoms with Crippen LogP contribution in [0.4, 0.5) is 4.39 Å². The van der Waals surface area contributed by atoms with Crippen LogP contribution in [0.15, 0.2) is 24.3 Å². The lowest BCUT2D eigenvalue weighted by molar-refractivity contribution is 0.146. The molecule has 2 heterocycles. The Bertz CT molecular complexity index is 582. The Morgan fingerprint density at radius 1 is 1.05 bits per heavy atom. The van der Waals surface area contributed by atoms with Gasteiger partial charge in [0.15, 0.2) is 0 Å². The van der Waals surface area contributed by atoms with Gasteiger partial charge in [-0.05, 0) is 31.3 Å². The van der Waals surface area contributed by atoms with Crippen molar-refractivity contribution in [3.63, 3.8) is 0 Å². The van der Waals surface area contributed by atoms with Gasteiger partial charge in [-0.2, -0.15) is 0 Å². The fourth-order valence-electron chi connectivity index (χ4n) is 2.76. The number of halogens is 1. The van der Waals surface area contributed by atoms with Crippen LogP contribution in [0.3, 0.4) is 0 Å². The molecule has 0 unspecified atom stereocenters. The van der Waals surface area contributed by atoms with Crippen molar-refractivity contribution < 1.29 is 4.39 Å². The summed E-state index contributed by atoms with van der Waals surface area (Å²) >= 11 is 0. The van der Waals surface area contributed by atoms with Gasteiger partial charge < -0.3 is 9.47 Å². The lowest BCUT2D eigenvalue weighted by Crippen LogP contribution is -2.44. The third-order valence-corrected chi connectivity index (χ3v) is 4.09. The average Bonchev–Trinajstić information content (AvgIpc) is 2.68. The van der Waals surface area contributed by atoms with E-state index >= 15 is 0 Å². The fraction of sp³-hybridized carbons (Fsp3) is 0.467.